The van der Waals surface area contributed by atoms with Crippen LogP contribution in [-0.2, 0) is 16.1 Å². The highest BCUT2D eigenvalue weighted by atomic mass is 16.5. The number of nitriles is 1. The van der Waals surface area contributed by atoms with E-state index in [2.05, 4.69) is 15.4 Å². The Balaban J connectivity index is 1.95. The Morgan fingerprint density at radius 2 is 1.64 bits per heavy atom. The van der Waals surface area contributed by atoms with Gasteiger partial charge in [0, 0.05) is 24.0 Å². The standard InChI is InChI=1S/C21H19N3O4/c1-14(25)16-7-9-19(10-8-16)24-20(26)18(11-22)13-23-12-15-3-5-17(6-4-15)21(27)28-2/h3-10,13,23H,12H2,1-2H3,(H,24,26)/b18-13-. The van der Waals surface area contributed by atoms with E-state index in [9.17, 15) is 19.6 Å². The number of carbonyl (C=O) groups is 3. The lowest BCUT2D eigenvalue weighted by atomic mass is 10.1. The fourth-order valence-corrected chi connectivity index (χ4v) is 2.28. The minimum absolute atomic E-state index is 0.0701. The molecule has 7 nitrogen and oxygen atoms in total. The van der Waals surface area contributed by atoms with Gasteiger partial charge in [0.05, 0.1) is 12.7 Å². The second-order valence-corrected chi connectivity index (χ2v) is 5.83. The van der Waals surface area contributed by atoms with E-state index in [-0.39, 0.29) is 11.4 Å². The third-order valence-corrected chi connectivity index (χ3v) is 3.84. The number of Topliss-reactive ketones (excluding diaryl/α,β-unsaturated/α-hetero) is 1. The molecule has 0 fully saturated rings. The van der Waals surface area contributed by atoms with Crippen LogP contribution in [-0.4, -0.2) is 24.8 Å². The summed E-state index contributed by atoms with van der Waals surface area (Å²) in [6, 6.07) is 15.0. The lowest BCUT2D eigenvalue weighted by Gasteiger charge is -2.06. The number of nitrogens with one attached hydrogen (secondary N) is 2. The zero-order valence-electron chi connectivity index (χ0n) is 15.5. The molecule has 0 aliphatic heterocycles. The molecule has 142 valence electrons. The van der Waals surface area contributed by atoms with Crippen LogP contribution >= 0.6 is 0 Å². The summed E-state index contributed by atoms with van der Waals surface area (Å²) in [6.45, 7) is 1.83. The number of methoxy groups -OCH3 is 1. The van der Waals surface area contributed by atoms with Gasteiger partial charge in [0.15, 0.2) is 5.78 Å². The fraction of sp³-hybridized carbons (Fsp3) is 0.143. The molecule has 0 saturated carbocycles. The summed E-state index contributed by atoms with van der Waals surface area (Å²) in [5, 5.41) is 14.7. The topological polar surface area (TPSA) is 108 Å². The van der Waals surface area contributed by atoms with Crippen molar-refractivity contribution in [2.24, 2.45) is 0 Å². The lowest BCUT2D eigenvalue weighted by Crippen LogP contribution is -2.16. The van der Waals surface area contributed by atoms with Crippen LogP contribution in [0, 0.1) is 11.3 Å². The van der Waals surface area contributed by atoms with Crippen molar-refractivity contribution in [2.45, 2.75) is 13.5 Å². The number of hydrogen-bond acceptors (Lipinski definition) is 6. The first-order valence-electron chi connectivity index (χ1n) is 8.38. The maximum atomic E-state index is 12.2. The molecular weight excluding hydrogens is 358 g/mol. The van der Waals surface area contributed by atoms with E-state index in [1.54, 1.807) is 48.5 Å². The van der Waals surface area contributed by atoms with Crippen LogP contribution in [0.15, 0.2) is 60.3 Å². The quantitative estimate of drug-likeness (QED) is 0.332. The van der Waals surface area contributed by atoms with Crippen LogP contribution in [0.25, 0.3) is 0 Å². The van der Waals surface area contributed by atoms with E-state index >= 15 is 0 Å². The van der Waals surface area contributed by atoms with Crippen LogP contribution < -0.4 is 10.6 Å². The number of hydrogen-bond donors (Lipinski definition) is 2. The lowest BCUT2D eigenvalue weighted by molar-refractivity contribution is -0.112. The van der Waals surface area contributed by atoms with Crippen molar-refractivity contribution >= 4 is 23.3 Å². The molecule has 28 heavy (non-hydrogen) atoms. The first-order chi connectivity index (χ1) is 13.4. The largest absolute Gasteiger partial charge is 0.465 e. The van der Waals surface area contributed by atoms with Gasteiger partial charge < -0.3 is 15.4 Å². The number of carbonyl (C=O) groups excluding carboxylic acids is 3. The van der Waals surface area contributed by atoms with Gasteiger partial charge >= 0.3 is 5.97 Å². The Bertz CT molecular complexity index is 939. The first-order valence-corrected chi connectivity index (χ1v) is 8.38. The van der Waals surface area contributed by atoms with Gasteiger partial charge in [-0.3, -0.25) is 9.59 Å². The number of ether oxygens (including phenoxy) is 1. The summed E-state index contributed by atoms with van der Waals surface area (Å²) in [4.78, 5) is 34.9. The molecule has 1 amide bonds. The number of nitrogens with zero attached hydrogens (tertiary/aromatic N) is 1. The zero-order valence-corrected chi connectivity index (χ0v) is 15.5. The van der Waals surface area contributed by atoms with E-state index < -0.39 is 11.9 Å². The average molecular weight is 377 g/mol. The highest BCUT2D eigenvalue weighted by Gasteiger charge is 2.10. The number of rotatable bonds is 7. The number of anilines is 1. The summed E-state index contributed by atoms with van der Waals surface area (Å²) in [5.74, 6) is -1.05. The SMILES string of the molecule is COC(=O)c1ccc(CN/C=C(/C#N)C(=O)Nc2ccc(C(C)=O)cc2)cc1. The van der Waals surface area contributed by atoms with Crippen molar-refractivity contribution in [1.82, 2.24) is 5.32 Å². The minimum atomic E-state index is -0.563. The number of ketones is 1. The normalized spacial score (nSPS) is 10.5. The second kappa shape index (κ2) is 9.69. The highest BCUT2D eigenvalue weighted by molar-refractivity contribution is 6.06. The first kappa shape index (κ1) is 20.4. The van der Waals surface area contributed by atoms with Gasteiger partial charge in [0.25, 0.3) is 5.91 Å². The molecule has 2 aromatic rings. The molecule has 0 aliphatic rings. The van der Waals surface area contributed by atoms with Crippen molar-refractivity contribution < 1.29 is 19.1 Å². The number of esters is 1. The van der Waals surface area contributed by atoms with Crippen molar-refractivity contribution in [3.05, 3.63) is 77.0 Å². The molecule has 0 aromatic heterocycles. The Morgan fingerprint density at radius 3 is 2.18 bits per heavy atom. The third kappa shape index (κ3) is 5.54. The third-order valence-electron chi connectivity index (χ3n) is 3.84. The molecule has 7 heteroatoms. The maximum Gasteiger partial charge on any atom is 0.337 e. The predicted octanol–water partition coefficient (Wildman–Crippen LogP) is 2.81. The summed E-state index contributed by atoms with van der Waals surface area (Å²) in [5.41, 5.74) is 2.22. The van der Waals surface area contributed by atoms with Gasteiger partial charge in [0.1, 0.15) is 11.6 Å². The van der Waals surface area contributed by atoms with Crippen LogP contribution in [0.4, 0.5) is 5.69 Å². The molecule has 0 atom stereocenters. The summed E-state index contributed by atoms with van der Waals surface area (Å²) >= 11 is 0. The van der Waals surface area contributed by atoms with Crippen molar-refractivity contribution in [3.8, 4) is 6.07 Å². The number of amides is 1. The molecule has 0 spiro atoms. The molecule has 0 saturated heterocycles. The zero-order chi connectivity index (χ0) is 20.5. The van der Waals surface area contributed by atoms with E-state index in [4.69, 9.17) is 0 Å². The van der Waals surface area contributed by atoms with Crippen molar-refractivity contribution in [3.63, 3.8) is 0 Å². The molecule has 0 radical (unpaired) electrons. The van der Waals surface area contributed by atoms with E-state index in [1.165, 1.54) is 20.2 Å². The van der Waals surface area contributed by atoms with Gasteiger partial charge in [-0.25, -0.2) is 4.79 Å². The van der Waals surface area contributed by atoms with Crippen LogP contribution in [0.5, 0.6) is 0 Å². The smallest absolute Gasteiger partial charge is 0.337 e. The van der Waals surface area contributed by atoms with Crippen molar-refractivity contribution in [1.29, 1.82) is 5.26 Å². The Labute approximate surface area is 162 Å². The Hall–Kier alpha value is -3.92. The van der Waals surface area contributed by atoms with Gasteiger partial charge in [0.2, 0.25) is 0 Å². The molecule has 2 N–H and O–H groups in total. The van der Waals surface area contributed by atoms with E-state index in [1.807, 2.05) is 6.07 Å². The number of benzene rings is 2. The second-order valence-electron chi connectivity index (χ2n) is 5.83. The minimum Gasteiger partial charge on any atom is -0.465 e. The van der Waals surface area contributed by atoms with Gasteiger partial charge in [-0.05, 0) is 48.9 Å². The van der Waals surface area contributed by atoms with Crippen LogP contribution in [0.1, 0.15) is 33.2 Å². The fourth-order valence-electron chi connectivity index (χ4n) is 2.28. The summed E-state index contributed by atoms with van der Waals surface area (Å²) < 4.78 is 4.64. The molecule has 0 unspecified atom stereocenters. The molecule has 0 aliphatic carbocycles. The van der Waals surface area contributed by atoms with Crippen molar-refractivity contribution in [2.75, 3.05) is 12.4 Å². The molecule has 0 heterocycles. The Morgan fingerprint density at radius 1 is 1.04 bits per heavy atom. The molecule has 2 rings (SSSR count). The summed E-state index contributed by atoms with van der Waals surface area (Å²) in [7, 11) is 1.31. The van der Waals surface area contributed by atoms with Gasteiger partial charge in [-0.15, -0.1) is 0 Å². The van der Waals surface area contributed by atoms with Gasteiger partial charge in [-0.1, -0.05) is 12.1 Å². The van der Waals surface area contributed by atoms with E-state index in [0.29, 0.717) is 23.4 Å². The highest BCUT2D eigenvalue weighted by Crippen LogP contribution is 2.11. The van der Waals surface area contributed by atoms with E-state index in [0.717, 1.165) is 5.56 Å². The molecular formula is C21H19N3O4. The maximum absolute atomic E-state index is 12.2. The predicted molar refractivity (Wildman–Crippen MR) is 103 cm³/mol. The molecule has 2 aromatic carbocycles. The van der Waals surface area contributed by atoms with Gasteiger partial charge in [-0.2, -0.15) is 5.26 Å². The summed E-state index contributed by atoms with van der Waals surface area (Å²) in [6.07, 6.45) is 1.33. The monoisotopic (exact) mass is 377 g/mol. The molecule has 0 bridgehead atoms. The van der Waals surface area contributed by atoms with Crippen LogP contribution in [0.3, 0.4) is 0 Å². The Kier molecular flexibility index (Phi) is 7.06. The average Bonchev–Trinajstić information content (AvgIpc) is 2.71. The van der Waals surface area contributed by atoms with Crippen LogP contribution in [0.2, 0.25) is 0 Å².